The van der Waals surface area contributed by atoms with Crippen LogP contribution in [0.15, 0.2) is 53.4 Å². The average Bonchev–Trinajstić information content (AvgIpc) is 3.01. The zero-order valence-corrected chi connectivity index (χ0v) is 19.8. The van der Waals surface area contributed by atoms with Gasteiger partial charge in [0.2, 0.25) is 0 Å². The molecule has 8 heteroatoms. The highest BCUT2D eigenvalue weighted by molar-refractivity contribution is 8.18. The van der Waals surface area contributed by atoms with Crippen LogP contribution in [0, 0.1) is 10.1 Å². The molecular formula is C25H25N3O4S. The highest BCUT2D eigenvalue weighted by atomic mass is 32.2. The molecule has 170 valence electrons. The lowest BCUT2D eigenvalue weighted by Gasteiger charge is -2.42. The molecule has 0 N–H and O–H groups in total. The summed E-state index contributed by atoms with van der Waals surface area (Å²) < 4.78 is 0. The summed E-state index contributed by atoms with van der Waals surface area (Å²) in [6, 6.07) is 12.1. The number of nitro groups is 1. The summed E-state index contributed by atoms with van der Waals surface area (Å²) in [6.45, 7) is 9.47. The van der Waals surface area contributed by atoms with Crippen molar-refractivity contribution < 1.29 is 14.5 Å². The first-order valence-electron chi connectivity index (χ1n) is 10.7. The summed E-state index contributed by atoms with van der Waals surface area (Å²) in [5.41, 5.74) is 4.66. The van der Waals surface area contributed by atoms with Gasteiger partial charge in [0.05, 0.1) is 21.9 Å². The van der Waals surface area contributed by atoms with Gasteiger partial charge in [0, 0.05) is 29.9 Å². The molecule has 0 saturated carbocycles. The van der Waals surface area contributed by atoms with E-state index in [0.29, 0.717) is 10.5 Å². The van der Waals surface area contributed by atoms with Crippen LogP contribution in [-0.2, 0) is 11.3 Å². The van der Waals surface area contributed by atoms with Crippen LogP contribution in [0.1, 0.15) is 44.4 Å². The fourth-order valence-corrected chi connectivity index (χ4v) is 5.35. The van der Waals surface area contributed by atoms with Crippen LogP contribution in [0.25, 0.3) is 11.6 Å². The Morgan fingerprint density at radius 2 is 1.91 bits per heavy atom. The fraction of sp³-hybridized carbons (Fsp3) is 0.280. The minimum absolute atomic E-state index is 0.00371. The predicted octanol–water partition coefficient (Wildman–Crippen LogP) is 5.85. The second kappa shape index (κ2) is 8.51. The van der Waals surface area contributed by atoms with Crippen molar-refractivity contribution in [2.75, 3.05) is 11.4 Å². The number of carbonyl (C=O) groups is 2. The van der Waals surface area contributed by atoms with Crippen molar-refractivity contribution in [3.63, 3.8) is 0 Å². The van der Waals surface area contributed by atoms with Crippen molar-refractivity contribution in [1.29, 1.82) is 0 Å². The van der Waals surface area contributed by atoms with Crippen LogP contribution >= 0.6 is 11.8 Å². The van der Waals surface area contributed by atoms with Gasteiger partial charge in [-0.15, -0.1) is 0 Å². The first kappa shape index (κ1) is 22.8. The Balaban J connectivity index is 1.60. The van der Waals surface area contributed by atoms with Gasteiger partial charge < -0.3 is 4.90 Å². The van der Waals surface area contributed by atoms with Crippen molar-refractivity contribution in [2.45, 2.75) is 39.8 Å². The summed E-state index contributed by atoms with van der Waals surface area (Å²) in [6.07, 6.45) is 3.98. The molecule has 2 heterocycles. The van der Waals surface area contributed by atoms with Gasteiger partial charge in [-0.05, 0) is 74.4 Å². The van der Waals surface area contributed by atoms with Crippen molar-refractivity contribution >= 4 is 45.9 Å². The van der Waals surface area contributed by atoms with Crippen molar-refractivity contribution in [3.8, 4) is 0 Å². The first-order chi connectivity index (χ1) is 15.6. The molecule has 0 unspecified atom stereocenters. The number of non-ortho nitro benzene ring substituents is 1. The van der Waals surface area contributed by atoms with Crippen molar-refractivity contribution in [1.82, 2.24) is 4.90 Å². The van der Waals surface area contributed by atoms with Gasteiger partial charge in [0.1, 0.15) is 0 Å². The highest BCUT2D eigenvalue weighted by Gasteiger charge is 2.35. The molecule has 33 heavy (non-hydrogen) atoms. The van der Waals surface area contributed by atoms with E-state index < -0.39 is 10.8 Å². The maximum atomic E-state index is 12.9. The Morgan fingerprint density at radius 1 is 1.15 bits per heavy atom. The van der Waals surface area contributed by atoms with E-state index in [1.165, 1.54) is 17.7 Å². The molecule has 1 fully saturated rings. The number of rotatable bonds is 5. The number of fused-ring (bicyclic) bond motifs is 1. The molecule has 2 aromatic carbocycles. The molecule has 0 aromatic heterocycles. The zero-order valence-electron chi connectivity index (χ0n) is 19.0. The van der Waals surface area contributed by atoms with Crippen LogP contribution in [0.3, 0.4) is 0 Å². The summed E-state index contributed by atoms with van der Waals surface area (Å²) in [5.74, 6) is -0.391. The quantitative estimate of drug-likeness (QED) is 0.314. The number of likely N-dealkylation sites (N-methyl/N-ethyl adjacent to an activating group) is 1. The van der Waals surface area contributed by atoms with Crippen molar-refractivity contribution in [2.24, 2.45) is 0 Å². The fourth-order valence-electron chi connectivity index (χ4n) is 4.51. The summed E-state index contributed by atoms with van der Waals surface area (Å²) in [7, 11) is 0. The van der Waals surface area contributed by atoms with Gasteiger partial charge in [-0.3, -0.25) is 24.6 Å². The Kier molecular flexibility index (Phi) is 5.88. The van der Waals surface area contributed by atoms with Gasteiger partial charge in [-0.2, -0.15) is 0 Å². The molecule has 0 spiro atoms. The Morgan fingerprint density at radius 3 is 2.61 bits per heavy atom. The zero-order chi connectivity index (χ0) is 23.9. The van der Waals surface area contributed by atoms with Gasteiger partial charge in [-0.1, -0.05) is 24.3 Å². The normalized spacial score (nSPS) is 18.5. The molecule has 0 bridgehead atoms. The molecule has 1 saturated heterocycles. The molecule has 0 radical (unpaired) electrons. The molecule has 7 nitrogen and oxygen atoms in total. The smallest absolute Gasteiger partial charge is 0.293 e. The number of benzene rings is 2. The maximum absolute atomic E-state index is 12.9. The van der Waals surface area contributed by atoms with E-state index in [9.17, 15) is 19.7 Å². The maximum Gasteiger partial charge on any atom is 0.293 e. The number of thioether (sulfide) groups is 1. The number of hydrogen-bond acceptors (Lipinski definition) is 6. The molecule has 0 aliphatic carbocycles. The molecule has 2 aromatic rings. The van der Waals surface area contributed by atoms with Gasteiger partial charge in [0.25, 0.3) is 16.8 Å². The van der Waals surface area contributed by atoms with E-state index in [-0.39, 0.29) is 23.0 Å². The summed E-state index contributed by atoms with van der Waals surface area (Å²) in [4.78, 5) is 39.8. The number of carbonyl (C=O) groups excluding carboxylic acids is 2. The van der Waals surface area contributed by atoms with Gasteiger partial charge in [0.15, 0.2) is 0 Å². The SMILES string of the molecule is CCN1c2ccc(/C=C3/SC(=O)N(Cc4cccc([N+](=O)[O-])c4)C3=O)cc2C(C)=CC1(C)C. The van der Waals surface area contributed by atoms with E-state index in [4.69, 9.17) is 0 Å². The van der Waals surface area contributed by atoms with Crippen LogP contribution in [0.5, 0.6) is 0 Å². The van der Waals surface area contributed by atoms with E-state index in [1.54, 1.807) is 18.2 Å². The lowest BCUT2D eigenvalue weighted by Crippen LogP contribution is -2.44. The van der Waals surface area contributed by atoms with Crippen LogP contribution < -0.4 is 4.90 Å². The predicted molar refractivity (Wildman–Crippen MR) is 132 cm³/mol. The van der Waals surface area contributed by atoms with Crippen LogP contribution in [0.2, 0.25) is 0 Å². The van der Waals surface area contributed by atoms with E-state index in [2.05, 4.69) is 44.7 Å². The second-order valence-corrected chi connectivity index (χ2v) is 9.69. The third-order valence-electron chi connectivity index (χ3n) is 5.95. The number of nitro benzene ring substituents is 1. The van der Waals surface area contributed by atoms with E-state index in [1.807, 2.05) is 12.1 Å². The monoisotopic (exact) mass is 463 g/mol. The molecule has 2 amide bonds. The summed E-state index contributed by atoms with van der Waals surface area (Å²) in [5, 5.41) is 10.6. The Bertz CT molecular complexity index is 1230. The van der Waals surface area contributed by atoms with Crippen molar-refractivity contribution in [3.05, 3.63) is 80.3 Å². The number of amides is 2. The first-order valence-corrected chi connectivity index (χ1v) is 11.5. The molecule has 2 aliphatic heterocycles. The topological polar surface area (TPSA) is 83.8 Å². The Labute approximate surface area is 196 Å². The molecular weight excluding hydrogens is 438 g/mol. The highest BCUT2D eigenvalue weighted by Crippen LogP contribution is 2.40. The van der Waals surface area contributed by atoms with Crippen LogP contribution in [0.4, 0.5) is 16.2 Å². The second-order valence-electron chi connectivity index (χ2n) is 8.70. The number of allylic oxidation sites excluding steroid dienone is 1. The minimum Gasteiger partial charge on any atom is -0.363 e. The van der Waals surface area contributed by atoms with E-state index >= 15 is 0 Å². The number of nitrogens with zero attached hydrogens (tertiary/aromatic N) is 3. The number of anilines is 1. The van der Waals surface area contributed by atoms with Gasteiger partial charge >= 0.3 is 0 Å². The number of imide groups is 1. The van der Waals surface area contributed by atoms with Crippen LogP contribution in [-0.4, -0.2) is 33.1 Å². The third kappa shape index (κ3) is 4.30. The van der Waals surface area contributed by atoms with E-state index in [0.717, 1.165) is 40.0 Å². The average molecular weight is 464 g/mol. The number of hydrogen-bond donors (Lipinski definition) is 0. The Hall–Kier alpha value is -3.39. The molecule has 4 rings (SSSR count). The summed E-state index contributed by atoms with van der Waals surface area (Å²) >= 11 is 0.889. The largest absolute Gasteiger partial charge is 0.363 e. The molecule has 0 atom stereocenters. The molecule has 2 aliphatic rings. The standard InChI is InChI=1S/C25H25N3O4S/c1-5-27-21-10-9-17(12-20(21)16(2)14-25(27,3)4)13-22-23(29)26(24(30)33-22)15-18-7-6-8-19(11-18)28(31)32/h6-14H,5,15H2,1-4H3/b22-13+. The minimum atomic E-state index is -0.496. The van der Waals surface area contributed by atoms with Gasteiger partial charge in [-0.25, -0.2) is 0 Å². The lowest BCUT2D eigenvalue weighted by atomic mass is 9.88. The third-order valence-corrected chi connectivity index (χ3v) is 6.86. The lowest BCUT2D eigenvalue weighted by molar-refractivity contribution is -0.384.